The molecule has 0 aromatic rings. The van der Waals surface area contributed by atoms with Crippen molar-refractivity contribution in [2.45, 2.75) is 57.5 Å². The zero-order chi connectivity index (χ0) is 13.1. The molecule has 2 aliphatic heterocycles. The summed E-state index contributed by atoms with van der Waals surface area (Å²) >= 11 is 0. The van der Waals surface area contributed by atoms with Crippen LogP contribution in [-0.2, 0) is 0 Å². The third-order valence-corrected chi connectivity index (χ3v) is 5.64. The van der Waals surface area contributed by atoms with Crippen LogP contribution in [0.15, 0.2) is 0 Å². The summed E-state index contributed by atoms with van der Waals surface area (Å²) in [6, 6.07) is 1.62. The molecule has 110 valence electrons. The lowest BCUT2D eigenvalue weighted by Crippen LogP contribution is -2.55. The van der Waals surface area contributed by atoms with Crippen LogP contribution in [0.2, 0.25) is 0 Å². The molecule has 3 atom stereocenters. The molecular formula is C16H31N3. The molecule has 1 N–H and O–H groups in total. The van der Waals surface area contributed by atoms with Gasteiger partial charge in [-0.15, -0.1) is 0 Å². The van der Waals surface area contributed by atoms with Crippen LogP contribution in [0.4, 0.5) is 0 Å². The maximum Gasteiger partial charge on any atom is 0.0197 e. The Balaban J connectivity index is 1.43. The van der Waals surface area contributed by atoms with Crippen LogP contribution in [0.3, 0.4) is 0 Å². The Morgan fingerprint density at radius 2 is 1.63 bits per heavy atom. The van der Waals surface area contributed by atoms with Crippen molar-refractivity contribution in [1.82, 2.24) is 15.1 Å². The largest absolute Gasteiger partial charge is 0.310 e. The van der Waals surface area contributed by atoms with Crippen molar-refractivity contribution in [1.29, 1.82) is 0 Å². The summed E-state index contributed by atoms with van der Waals surface area (Å²) in [6.45, 7) is 9.90. The number of rotatable bonds is 3. The van der Waals surface area contributed by atoms with E-state index in [9.17, 15) is 0 Å². The van der Waals surface area contributed by atoms with E-state index in [1.54, 1.807) is 0 Å². The van der Waals surface area contributed by atoms with Gasteiger partial charge >= 0.3 is 0 Å². The van der Waals surface area contributed by atoms with Gasteiger partial charge in [-0.3, -0.25) is 4.90 Å². The molecule has 1 aliphatic carbocycles. The van der Waals surface area contributed by atoms with E-state index in [4.69, 9.17) is 0 Å². The van der Waals surface area contributed by atoms with Crippen LogP contribution in [0.5, 0.6) is 0 Å². The second kappa shape index (κ2) is 6.55. The normalized spacial score (nSPS) is 38.1. The summed E-state index contributed by atoms with van der Waals surface area (Å²) < 4.78 is 0. The van der Waals surface area contributed by atoms with Crippen LogP contribution in [-0.4, -0.2) is 61.2 Å². The number of nitrogens with one attached hydrogen (secondary N) is 1. The Kier molecular flexibility index (Phi) is 4.78. The summed E-state index contributed by atoms with van der Waals surface area (Å²) in [4.78, 5) is 5.26. The van der Waals surface area contributed by atoms with Gasteiger partial charge in [-0.1, -0.05) is 19.8 Å². The van der Waals surface area contributed by atoms with E-state index >= 15 is 0 Å². The quantitative estimate of drug-likeness (QED) is 0.841. The van der Waals surface area contributed by atoms with Gasteiger partial charge in [0.05, 0.1) is 0 Å². The Morgan fingerprint density at radius 3 is 2.42 bits per heavy atom. The van der Waals surface area contributed by atoms with Gasteiger partial charge in [0.25, 0.3) is 0 Å². The molecule has 19 heavy (non-hydrogen) atoms. The summed E-state index contributed by atoms with van der Waals surface area (Å²) in [5.74, 6) is 1.00. The molecular weight excluding hydrogens is 234 g/mol. The Morgan fingerprint density at radius 1 is 0.895 bits per heavy atom. The van der Waals surface area contributed by atoms with Crippen molar-refractivity contribution in [2.24, 2.45) is 5.92 Å². The molecule has 3 rings (SSSR count). The topological polar surface area (TPSA) is 18.5 Å². The van der Waals surface area contributed by atoms with Gasteiger partial charge in [-0.2, -0.15) is 0 Å². The van der Waals surface area contributed by atoms with Gasteiger partial charge in [0.2, 0.25) is 0 Å². The number of likely N-dealkylation sites (N-methyl/N-ethyl adjacent to an activating group) is 1. The van der Waals surface area contributed by atoms with Gasteiger partial charge in [-0.25, -0.2) is 0 Å². The number of piperazine rings is 1. The third-order valence-electron chi connectivity index (χ3n) is 5.64. The highest BCUT2D eigenvalue weighted by Crippen LogP contribution is 2.32. The number of fused-ring (bicyclic) bond motifs is 1. The molecule has 1 saturated carbocycles. The van der Waals surface area contributed by atoms with Crippen LogP contribution >= 0.6 is 0 Å². The lowest BCUT2D eigenvalue weighted by molar-refractivity contribution is 0.102. The zero-order valence-electron chi connectivity index (χ0n) is 12.6. The van der Waals surface area contributed by atoms with Crippen LogP contribution in [0.1, 0.15) is 45.4 Å². The Hall–Kier alpha value is -0.120. The maximum absolute atomic E-state index is 3.97. The third kappa shape index (κ3) is 3.50. The first-order valence-electron chi connectivity index (χ1n) is 8.56. The van der Waals surface area contributed by atoms with Crippen LogP contribution in [0, 0.1) is 5.92 Å². The average molecular weight is 265 g/mol. The lowest BCUT2D eigenvalue weighted by Gasteiger charge is -2.43. The van der Waals surface area contributed by atoms with Gasteiger partial charge in [0.15, 0.2) is 0 Å². The molecule has 0 spiro atoms. The fraction of sp³-hybridized carbons (Fsp3) is 1.00. The van der Waals surface area contributed by atoms with E-state index in [0.717, 1.165) is 18.0 Å². The summed E-state index contributed by atoms with van der Waals surface area (Å²) in [7, 11) is 0. The van der Waals surface area contributed by atoms with Crippen molar-refractivity contribution in [2.75, 3.05) is 39.3 Å². The number of piperidine rings is 1. The predicted octanol–water partition coefficient (Wildman–Crippen LogP) is 1.93. The number of hydrogen-bond acceptors (Lipinski definition) is 3. The smallest absolute Gasteiger partial charge is 0.0197 e. The van der Waals surface area contributed by atoms with E-state index in [2.05, 4.69) is 22.0 Å². The summed E-state index contributed by atoms with van der Waals surface area (Å²) in [5, 5.41) is 3.97. The van der Waals surface area contributed by atoms with Crippen molar-refractivity contribution in [3.05, 3.63) is 0 Å². The molecule has 2 heterocycles. The van der Waals surface area contributed by atoms with E-state index < -0.39 is 0 Å². The van der Waals surface area contributed by atoms with E-state index in [0.29, 0.717) is 0 Å². The second-order valence-electron chi connectivity index (χ2n) is 6.83. The Labute approximate surface area is 118 Å². The predicted molar refractivity (Wildman–Crippen MR) is 80.5 cm³/mol. The van der Waals surface area contributed by atoms with Crippen molar-refractivity contribution >= 4 is 0 Å². The number of hydrogen-bond donors (Lipinski definition) is 1. The number of nitrogens with zero attached hydrogens (tertiary/aromatic N) is 2. The highest BCUT2D eigenvalue weighted by molar-refractivity contribution is 4.90. The maximum atomic E-state index is 3.97. The summed E-state index contributed by atoms with van der Waals surface area (Å²) in [5.41, 5.74) is 0. The fourth-order valence-electron chi connectivity index (χ4n) is 4.32. The first-order valence-corrected chi connectivity index (χ1v) is 8.56. The first kappa shape index (κ1) is 13.8. The molecule has 3 nitrogen and oxygen atoms in total. The molecule has 0 aromatic heterocycles. The first-order chi connectivity index (χ1) is 9.35. The van der Waals surface area contributed by atoms with E-state index in [1.165, 1.54) is 77.8 Å². The average Bonchev–Trinajstić information content (AvgIpc) is 2.48. The van der Waals surface area contributed by atoms with Gasteiger partial charge in [0.1, 0.15) is 0 Å². The van der Waals surface area contributed by atoms with Crippen molar-refractivity contribution < 1.29 is 0 Å². The zero-order valence-corrected chi connectivity index (χ0v) is 12.6. The highest BCUT2D eigenvalue weighted by Gasteiger charge is 2.32. The SMILES string of the molecule is CCN1CCN(CC2CCC3CCCCC3N2)CC1. The van der Waals surface area contributed by atoms with Gasteiger partial charge in [0, 0.05) is 44.8 Å². The molecule has 0 radical (unpaired) electrons. The molecule has 3 aliphatic rings. The van der Waals surface area contributed by atoms with Crippen LogP contribution in [0.25, 0.3) is 0 Å². The minimum atomic E-state index is 0.771. The molecule has 0 amide bonds. The fourth-order valence-corrected chi connectivity index (χ4v) is 4.32. The standard InChI is InChI=1S/C16H31N3/c1-2-18-9-11-19(12-10-18)13-15-8-7-14-5-3-4-6-16(14)17-15/h14-17H,2-13H2,1H3. The highest BCUT2D eigenvalue weighted by atomic mass is 15.3. The van der Waals surface area contributed by atoms with Crippen LogP contribution < -0.4 is 5.32 Å². The molecule has 3 unspecified atom stereocenters. The monoisotopic (exact) mass is 265 g/mol. The van der Waals surface area contributed by atoms with Crippen molar-refractivity contribution in [3.63, 3.8) is 0 Å². The minimum absolute atomic E-state index is 0.771. The molecule has 2 saturated heterocycles. The molecule has 3 fully saturated rings. The van der Waals surface area contributed by atoms with E-state index in [-0.39, 0.29) is 0 Å². The lowest BCUT2D eigenvalue weighted by atomic mass is 9.77. The Bertz CT molecular complexity index is 273. The molecule has 0 aromatic carbocycles. The molecule has 3 heteroatoms. The minimum Gasteiger partial charge on any atom is -0.310 e. The summed E-state index contributed by atoms with van der Waals surface area (Å²) in [6.07, 6.45) is 8.75. The second-order valence-corrected chi connectivity index (χ2v) is 6.83. The van der Waals surface area contributed by atoms with Gasteiger partial charge in [-0.05, 0) is 38.1 Å². The van der Waals surface area contributed by atoms with Gasteiger partial charge < -0.3 is 10.2 Å². The van der Waals surface area contributed by atoms with Crippen molar-refractivity contribution in [3.8, 4) is 0 Å². The van der Waals surface area contributed by atoms with E-state index in [1.807, 2.05) is 0 Å². The molecule has 0 bridgehead atoms.